The molecule has 3 heterocycles. The van der Waals surface area contributed by atoms with Crippen LogP contribution in [0, 0.1) is 16.0 Å². The van der Waals surface area contributed by atoms with Crippen molar-refractivity contribution < 1.29 is 14.2 Å². The van der Waals surface area contributed by atoms with Gasteiger partial charge >= 0.3 is 0 Å². The van der Waals surface area contributed by atoms with E-state index in [4.69, 9.17) is 4.52 Å². The molecule has 3 aromatic rings. The Morgan fingerprint density at radius 2 is 2.14 bits per heavy atom. The van der Waals surface area contributed by atoms with E-state index in [9.17, 15) is 14.9 Å². The molecule has 0 bridgehead atoms. The van der Waals surface area contributed by atoms with Gasteiger partial charge < -0.3 is 9.84 Å². The van der Waals surface area contributed by atoms with Crippen molar-refractivity contribution in [2.75, 3.05) is 18.4 Å². The lowest BCUT2D eigenvalue weighted by Gasteiger charge is -2.30. The SMILES string of the molecule is O=C(Nc1cccc([N+](=O)[O-])c1)C1CCN(Cc2nc(-c3cccs3)no2)CC1. The average Bonchev–Trinajstić information content (AvgIpc) is 3.40. The summed E-state index contributed by atoms with van der Waals surface area (Å²) in [6.45, 7) is 2.03. The summed E-state index contributed by atoms with van der Waals surface area (Å²) in [6.07, 6.45) is 1.40. The molecular weight excluding hydrogens is 394 g/mol. The number of aromatic nitrogens is 2. The minimum Gasteiger partial charge on any atom is -0.338 e. The van der Waals surface area contributed by atoms with Gasteiger partial charge in [-0.25, -0.2) is 0 Å². The molecular formula is C19H19N5O4S. The molecule has 10 heteroatoms. The maximum absolute atomic E-state index is 12.5. The number of thiophene rings is 1. The van der Waals surface area contributed by atoms with Gasteiger partial charge in [0.1, 0.15) is 0 Å². The van der Waals surface area contributed by atoms with Crippen molar-refractivity contribution in [3.63, 3.8) is 0 Å². The number of nitrogens with one attached hydrogen (secondary N) is 1. The van der Waals surface area contributed by atoms with Gasteiger partial charge in [0.2, 0.25) is 17.6 Å². The molecule has 0 atom stereocenters. The van der Waals surface area contributed by atoms with Crippen LogP contribution in [0.1, 0.15) is 18.7 Å². The third-order valence-corrected chi connectivity index (χ3v) is 5.72. The quantitative estimate of drug-likeness (QED) is 0.485. The fraction of sp³-hybridized carbons (Fsp3) is 0.316. The van der Waals surface area contributed by atoms with E-state index in [0.29, 0.717) is 36.8 Å². The molecule has 1 aliphatic heterocycles. The third-order valence-electron chi connectivity index (χ3n) is 4.85. The minimum absolute atomic E-state index is 0.0425. The summed E-state index contributed by atoms with van der Waals surface area (Å²) in [5.41, 5.74) is 0.401. The van der Waals surface area contributed by atoms with E-state index in [1.807, 2.05) is 17.5 Å². The Morgan fingerprint density at radius 1 is 1.31 bits per heavy atom. The Kier molecular flexibility index (Phi) is 5.63. The predicted octanol–water partition coefficient (Wildman–Crippen LogP) is 3.56. The lowest BCUT2D eigenvalue weighted by molar-refractivity contribution is -0.384. The minimum atomic E-state index is -0.477. The maximum atomic E-state index is 12.5. The van der Waals surface area contributed by atoms with E-state index in [-0.39, 0.29) is 17.5 Å². The molecule has 0 saturated carbocycles. The molecule has 1 fully saturated rings. The van der Waals surface area contributed by atoms with Gasteiger partial charge in [-0.3, -0.25) is 19.8 Å². The summed E-state index contributed by atoms with van der Waals surface area (Å²) in [4.78, 5) is 30.5. The number of benzene rings is 1. The van der Waals surface area contributed by atoms with Crippen molar-refractivity contribution >= 4 is 28.6 Å². The van der Waals surface area contributed by atoms with Gasteiger partial charge in [-0.1, -0.05) is 17.3 Å². The highest BCUT2D eigenvalue weighted by molar-refractivity contribution is 7.13. The first-order valence-electron chi connectivity index (χ1n) is 9.22. The Balaban J connectivity index is 1.28. The number of anilines is 1. The lowest BCUT2D eigenvalue weighted by Crippen LogP contribution is -2.37. The Hall–Kier alpha value is -3.11. The lowest BCUT2D eigenvalue weighted by atomic mass is 9.96. The number of non-ortho nitro benzene ring substituents is 1. The Morgan fingerprint density at radius 3 is 2.86 bits per heavy atom. The van der Waals surface area contributed by atoms with Gasteiger partial charge in [0.05, 0.1) is 16.3 Å². The zero-order valence-electron chi connectivity index (χ0n) is 15.5. The van der Waals surface area contributed by atoms with Crippen LogP contribution in [-0.2, 0) is 11.3 Å². The number of carbonyl (C=O) groups excluding carboxylic acids is 1. The van der Waals surface area contributed by atoms with Crippen molar-refractivity contribution in [1.82, 2.24) is 15.0 Å². The number of nitro benzene ring substituents is 1. The second-order valence-corrected chi connectivity index (χ2v) is 7.78. The van der Waals surface area contributed by atoms with Gasteiger partial charge in [0.15, 0.2) is 0 Å². The second kappa shape index (κ2) is 8.50. The van der Waals surface area contributed by atoms with Crippen molar-refractivity contribution in [3.05, 3.63) is 57.8 Å². The van der Waals surface area contributed by atoms with Crippen molar-refractivity contribution in [1.29, 1.82) is 0 Å². The highest BCUT2D eigenvalue weighted by Gasteiger charge is 2.26. The van der Waals surface area contributed by atoms with Gasteiger partial charge in [-0.2, -0.15) is 4.98 Å². The summed E-state index contributed by atoms with van der Waals surface area (Å²) in [6, 6.07) is 9.87. The first kappa shape index (κ1) is 19.2. The third kappa shape index (κ3) is 4.66. The molecule has 4 rings (SSSR count). The van der Waals surface area contributed by atoms with Crippen LogP contribution < -0.4 is 5.32 Å². The molecule has 0 aliphatic carbocycles. The monoisotopic (exact) mass is 413 g/mol. The van der Waals surface area contributed by atoms with E-state index < -0.39 is 4.92 Å². The predicted molar refractivity (Wildman–Crippen MR) is 107 cm³/mol. The fourth-order valence-corrected chi connectivity index (χ4v) is 3.96. The van der Waals surface area contributed by atoms with E-state index in [1.54, 1.807) is 23.5 Å². The van der Waals surface area contributed by atoms with Gasteiger partial charge in [-0.05, 0) is 43.4 Å². The normalized spacial score (nSPS) is 15.3. The maximum Gasteiger partial charge on any atom is 0.271 e. The highest BCUT2D eigenvalue weighted by atomic mass is 32.1. The molecule has 1 N–H and O–H groups in total. The topological polar surface area (TPSA) is 114 Å². The standard InChI is InChI=1S/C19H19N5O4S/c25-19(20-14-3-1-4-15(11-14)24(26)27)13-6-8-23(9-7-13)12-17-21-18(22-28-17)16-5-2-10-29-16/h1-5,10-11,13H,6-9,12H2,(H,20,25). The molecule has 1 amide bonds. The first-order valence-corrected chi connectivity index (χ1v) is 10.1. The van der Waals surface area contributed by atoms with Crippen molar-refractivity contribution in [2.24, 2.45) is 5.92 Å². The molecule has 9 nitrogen and oxygen atoms in total. The number of hydrogen-bond donors (Lipinski definition) is 1. The molecule has 1 aliphatic rings. The van der Waals surface area contributed by atoms with Gasteiger partial charge in [0.25, 0.3) is 5.69 Å². The van der Waals surface area contributed by atoms with Crippen LogP contribution in [0.4, 0.5) is 11.4 Å². The number of rotatable bonds is 6. The van der Waals surface area contributed by atoms with Crippen LogP contribution in [0.3, 0.4) is 0 Å². The summed E-state index contributed by atoms with van der Waals surface area (Å²) in [7, 11) is 0. The summed E-state index contributed by atoms with van der Waals surface area (Å²) < 4.78 is 5.34. The summed E-state index contributed by atoms with van der Waals surface area (Å²) in [5, 5.41) is 19.6. The Bertz CT molecular complexity index is 996. The van der Waals surface area contributed by atoms with E-state index in [2.05, 4.69) is 20.4 Å². The summed E-state index contributed by atoms with van der Waals surface area (Å²) >= 11 is 1.56. The molecule has 150 valence electrons. The van der Waals surface area contributed by atoms with Gasteiger partial charge in [0, 0.05) is 23.7 Å². The Labute approximate surface area is 170 Å². The first-order chi connectivity index (χ1) is 14.1. The number of nitro groups is 1. The summed E-state index contributed by atoms with van der Waals surface area (Å²) in [5.74, 6) is 0.923. The largest absolute Gasteiger partial charge is 0.338 e. The van der Waals surface area contributed by atoms with E-state index in [0.717, 1.165) is 18.0 Å². The average molecular weight is 413 g/mol. The van der Waals surface area contributed by atoms with Crippen LogP contribution in [-0.4, -0.2) is 39.0 Å². The van der Waals surface area contributed by atoms with Crippen molar-refractivity contribution in [3.8, 4) is 10.7 Å². The molecule has 29 heavy (non-hydrogen) atoms. The number of carbonyl (C=O) groups is 1. The second-order valence-electron chi connectivity index (χ2n) is 6.84. The molecule has 1 aromatic carbocycles. The molecule has 1 saturated heterocycles. The number of amides is 1. The number of nitrogens with zero attached hydrogens (tertiary/aromatic N) is 4. The number of hydrogen-bond acceptors (Lipinski definition) is 8. The van der Waals surface area contributed by atoms with Crippen LogP contribution in [0.5, 0.6) is 0 Å². The fourth-order valence-electron chi connectivity index (χ4n) is 3.31. The van der Waals surface area contributed by atoms with Crippen LogP contribution in [0.25, 0.3) is 10.7 Å². The van der Waals surface area contributed by atoms with Crippen LogP contribution >= 0.6 is 11.3 Å². The zero-order valence-corrected chi connectivity index (χ0v) is 16.3. The smallest absolute Gasteiger partial charge is 0.271 e. The molecule has 0 spiro atoms. The van der Waals surface area contributed by atoms with E-state index >= 15 is 0 Å². The van der Waals surface area contributed by atoms with Crippen molar-refractivity contribution in [2.45, 2.75) is 19.4 Å². The van der Waals surface area contributed by atoms with Crippen LogP contribution in [0.2, 0.25) is 0 Å². The molecule has 0 unspecified atom stereocenters. The van der Waals surface area contributed by atoms with Gasteiger partial charge in [-0.15, -0.1) is 11.3 Å². The molecule has 0 radical (unpaired) electrons. The van der Waals surface area contributed by atoms with E-state index in [1.165, 1.54) is 12.1 Å². The molecule has 2 aromatic heterocycles. The number of piperidine rings is 1. The van der Waals surface area contributed by atoms with Crippen LogP contribution in [0.15, 0.2) is 46.3 Å². The number of likely N-dealkylation sites (tertiary alicyclic amines) is 1. The highest BCUT2D eigenvalue weighted by Crippen LogP contribution is 2.24. The zero-order chi connectivity index (χ0) is 20.2.